The average Bonchev–Trinajstić information content (AvgIpc) is 2.51. The molecule has 1 aliphatic rings. The molecule has 1 atom stereocenters. The monoisotopic (exact) mass is 356 g/mol. The molecule has 1 aromatic carbocycles. The van der Waals surface area contributed by atoms with Crippen molar-refractivity contribution in [1.29, 1.82) is 0 Å². The van der Waals surface area contributed by atoms with Gasteiger partial charge in [0.25, 0.3) is 0 Å². The Kier molecular flexibility index (Phi) is 5.92. The zero-order valence-corrected chi connectivity index (χ0v) is 13.3. The molecule has 6 heteroatoms. The van der Waals surface area contributed by atoms with Gasteiger partial charge in [0.1, 0.15) is 19.0 Å². The lowest BCUT2D eigenvalue weighted by Crippen LogP contribution is -2.33. The van der Waals surface area contributed by atoms with E-state index < -0.39 is 5.97 Å². The van der Waals surface area contributed by atoms with Crippen LogP contribution in [0.1, 0.15) is 6.92 Å². The van der Waals surface area contributed by atoms with E-state index in [1.165, 1.54) is 6.08 Å². The van der Waals surface area contributed by atoms with Crippen LogP contribution in [0, 0.1) is 0 Å². The summed E-state index contributed by atoms with van der Waals surface area (Å²) in [7, 11) is 0. The molecule has 21 heavy (non-hydrogen) atoms. The van der Waals surface area contributed by atoms with Crippen molar-refractivity contribution in [2.75, 3.05) is 25.2 Å². The van der Waals surface area contributed by atoms with Crippen molar-refractivity contribution >= 4 is 21.9 Å². The van der Waals surface area contributed by atoms with Crippen molar-refractivity contribution in [3.05, 3.63) is 36.1 Å². The molecule has 1 aromatic rings. The average molecular weight is 357 g/mol. The molecular weight excluding hydrogens is 340 g/mol. The molecule has 0 N–H and O–H groups in total. The minimum absolute atomic E-state index is 0.218. The maximum atomic E-state index is 11.4. The van der Waals surface area contributed by atoms with Crippen molar-refractivity contribution in [3.63, 3.8) is 0 Å². The summed E-state index contributed by atoms with van der Waals surface area (Å²) in [5.41, 5.74) is 0. The Bertz CT molecular complexity index is 515. The van der Waals surface area contributed by atoms with Crippen LogP contribution in [0.15, 0.2) is 36.1 Å². The van der Waals surface area contributed by atoms with Crippen LogP contribution in [0.4, 0.5) is 0 Å². The molecule has 1 unspecified atom stereocenters. The highest BCUT2D eigenvalue weighted by atomic mass is 79.9. The maximum Gasteiger partial charge on any atom is 0.334 e. The van der Waals surface area contributed by atoms with Gasteiger partial charge in [0, 0.05) is 0 Å². The van der Waals surface area contributed by atoms with Gasteiger partial charge < -0.3 is 18.9 Å². The number of ether oxygens (including phenoxy) is 4. The fraction of sp³-hybridized carbons (Fsp3) is 0.400. The second kappa shape index (κ2) is 7.93. The third kappa shape index (κ3) is 4.67. The third-order valence-electron chi connectivity index (χ3n) is 2.72. The van der Waals surface area contributed by atoms with E-state index in [1.807, 2.05) is 24.3 Å². The molecule has 0 aromatic heterocycles. The van der Waals surface area contributed by atoms with Crippen molar-refractivity contribution < 1.29 is 23.7 Å². The van der Waals surface area contributed by atoms with Crippen molar-refractivity contribution in [2.24, 2.45) is 0 Å². The Balaban J connectivity index is 1.87. The number of alkyl halides is 1. The van der Waals surface area contributed by atoms with Gasteiger partial charge in [-0.3, -0.25) is 0 Å². The molecule has 0 fully saturated rings. The van der Waals surface area contributed by atoms with Gasteiger partial charge in [-0.05, 0) is 19.1 Å². The van der Waals surface area contributed by atoms with Gasteiger partial charge in [-0.2, -0.15) is 0 Å². The second-order valence-electron chi connectivity index (χ2n) is 4.30. The van der Waals surface area contributed by atoms with Crippen LogP contribution < -0.4 is 9.47 Å². The van der Waals surface area contributed by atoms with Gasteiger partial charge in [0.05, 0.1) is 18.0 Å². The first kappa shape index (κ1) is 15.7. The Morgan fingerprint density at radius 1 is 1.38 bits per heavy atom. The number of benzene rings is 1. The number of rotatable bonds is 6. The van der Waals surface area contributed by atoms with Crippen LogP contribution in [-0.4, -0.2) is 37.2 Å². The van der Waals surface area contributed by atoms with Crippen LogP contribution in [0.5, 0.6) is 11.5 Å². The summed E-state index contributed by atoms with van der Waals surface area (Å²) in [6, 6.07) is 7.48. The number of allylic oxidation sites excluding steroid dienone is 1. The Labute approximate surface area is 132 Å². The Hall–Kier alpha value is -1.69. The molecule has 114 valence electrons. The van der Waals surface area contributed by atoms with Crippen LogP contribution in [-0.2, 0) is 14.3 Å². The van der Waals surface area contributed by atoms with Gasteiger partial charge in [-0.15, -0.1) is 0 Å². The summed E-state index contributed by atoms with van der Waals surface area (Å²) in [4.78, 5) is 11.4. The number of carbonyl (C=O) groups is 1. The van der Waals surface area contributed by atoms with Crippen molar-refractivity contribution in [1.82, 2.24) is 0 Å². The lowest BCUT2D eigenvalue weighted by molar-refractivity contribution is -0.137. The molecule has 0 bridgehead atoms. The summed E-state index contributed by atoms with van der Waals surface area (Å²) in [5, 5.41) is 0.427. The number of para-hydroxylation sites is 2. The molecule has 1 heterocycles. The molecule has 1 aliphatic heterocycles. The lowest BCUT2D eigenvalue weighted by Gasteiger charge is -2.26. The molecule has 0 amide bonds. The lowest BCUT2D eigenvalue weighted by atomic mass is 10.3. The number of halogens is 1. The number of hydrogen-bond donors (Lipinski definition) is 0. The fourth-order valence-corrected chi connectivity index (χ4v) is 2.10. The zero-order valence-electron chi connectivity index (χ0n) is 11.7. The number of esters is 1. The predicted molar refractivity (Wildman–Crippen MR) is 80.8 cm³/mol. The maximum absolute atomic E-state index is 11.4. The van der Waals surface area contributed by atoms with Crippen LogP contribution in [0.25, 0.3) is 0 Å². The zero-order chi connectivity index (χ0) is 15.1. The van der Waals surface area contributed by atoms with Crippen molar-refractivity contribution in [2.45, 2.75) is 13.0 Å². The molecule has 0 aliphatic carbocycles. The highest BCUT2D eigenvalue weighted by Crippen LogP contribution is 2.30. The minimum Gasteiger partial charge on any atom is -0.493 e. The van der Waals surface area contributed by atoms with Crippen LogP contribution in [0.3, 0.4) is 0 Å². The third-order valence-corrected chi connectivity index (χ3v) is 3.27. The first-order chi connectivity index (χ1) is 10.2. The van der Waals surface area contributed by atoms with Crippen molar-refractivity contribution in [3.8, 4) is 11.5 Å². The normalized spacial score (nSPS) is 17.2. The van der Waals surface area contributed by atoms with E-state index in [-0.39, 0.29) is 6.10 Å². The highest BCUT2D eigenvalue weighted by molar-refractivity contribution is 9.09. The fourth-order valence-electron chi connectivity index (χ4n) is 1.78. The molecule has 0 saturated carbocycles. The topological polar surface area (TPSA) is 54.0 Å². The summed E-state index contributed by atoms with van der Waals surface area (Å²) in [6.07, 6.45) is 1.11. The Morgan fingerprint density at radius 2 is 2.14 bits per heavy atom. The molecule has 2 rings (SSSR count). The van der Waals surface area contributed by atoms with E-state index in [4.69, 9.17) is 18.9 Å². The predicted octanol–water partition coefficient (Wildman–Crippen LogP) is 2.68. The molecule has 0 spiro atoms. The van der Waals surface area contributed by atoms with Gasteiger partial charge in [0.15, 0.2) is 17.6 Å². The molecular formula is C15H17BrO5. The minimum atomic E-state index is -0.418. The van der Waals surface area contributed by atoms with E-state index in [9.17, 15) is 4.79 Å². The van der Waals surface area contributed by atoms with E-state index in [2.05, 4.69) is 15.9 Å². The summed E-state index contributed by atoms with van der Waals surface area (Å²) in [6.45, 7) is 2.80. The smallest absolute Gasteiger partial charge is 0.334 e. The summed E-state index contributed by atoms with van der Waals surface area (Å²) < 4.78 is 21.8. The molecule has 5 nitrogen and oxygen atoms in total. The SMILES string of the molecule is CCOC(=O)/C=C(\CBr)OCC1COc2ccccc2O1. The van der Waals surface area contributed by atoms with Crippen LogP contribution >= 0.6 is 15.9 Å². The molecule has 0 radical (unpaired) electrons. The van der Waals surface area contributed by atoms with E-state index in [1.54, 1.807) is 6.92 Å². The van der Waals surface area contributed by atoms with Gasteiger partial charge in [-0.25, -0.2) is 4.79 Å². The first-order valence-corrected chi connectivity index (χ1v) is 7.79. The van der Waals surface area contributed by atoms with Gasteiger partial charge in [0.2, 0.25) is 0 Å². The summed E-state index contributed by atoms with van der Waals surface area (Å²) >= 11 is 3.27. The van der Waals surface area contributed by atoms with E-state index in [0.717, 1.165) is 5.75 Å². The van der Waals surface area contributed by atoms with Gasteiger partial charge >= 0.3 is 5.97 Å². The number of fused-ring (bicyclic) bond motifs is 1. The van der Waals surface area contributed by atoms with Gasteiger partial charge in [-0.1, -0.05) is 28.1 Å². The first-order valence-electron chi connectivity index (χ1n) is 6.67. The van der Waals surface area contributed by atoms with Crippen LogP contribution in [0.2, 0.25) is 0 Å². The van der Waals surface area contributed by atoms with E-state index in [0.29, 0.717) is 36.7 Å². The molecule has 0 saturated heterocycles. The quantitative estimate of drug-likeness (QED) is 0.339. The van der Waals surface area contributed by atoms with E-state index >= 15 is 0 Å². The number of carbonyl (C=O) groups excluding carboxylic acids is 1. The highest BCUT2D eigenvalue weighted by Gasteiger charge is 2.21. The number of hydrogen-bond acceptors (Lipinski definition) is 5. The summed E-state index contributed by atoms with van der Waals surface area (Å²) in [5.74, 6) is 1.51. The Morgan fingerprint density at radius 3 is 2.86 bits per heavy atom. The largest absolute Gasteiger partial charge is 0.493 e. The standard InChI is InChI=1S/C15H17BrO5/c1-2-18-15(17)7-11(8-16)19-9-12-10-20-13-5-3-4-6-14(13)21-12/h3-7,12H,2,8-10H2,1H3/b11-7+. The second-order valence-corrected chi connectivity index (χ2v) is 4.87.